The molecule has 1 aliphatic heterocycles. The van der Waals surface area contributed by atoms with Gasteiger partial charge in [0.05, 0.1) is 11.7 Å². The number of hydrogen-bond donors (Lipinski definition) is 1. The second kappa shape index (κ2) is 3.66. The molecule has 0 radical (unpaired) electrons. The number of carbonyl (C=O) groups excluding carboxylic acids is 1. The molecule has 2 rings (SSSR count). The smallest absolute Gasteiger partial charge is 0.222 e. The lowest BCUT2D eigenvalue weighted by atomic mass is 9.94. The summed E-state index contributed by atoms with van der Waals surface area (Å²) in [6, 6.07) is 1.88. The number of rotatable bonds is 1. The maximum atomic E-state index is 11.6. The number of amides is 1. The lowest BCUT2D eigenvalue weighted by Gasteiger charge is -2.37. The van der Waals surface area contributed by atoms with E-state index in [2.05, 4.69) is 5.10 Å². The van der Waals surface area contributed by atoms with Gasteiger partial charge in [-0.1, -0.05) is 0 Å². The van der Waals surface area contributed by atoms with Gasteiger partial charge in [0.25, 0.3) is 0 Å². The molecule has 2 N–H and O–H groups in total. The summed E-state index contributed by atoms with van der Waals surface area (Å²) in [5, 5.41) is 4.11. The van der Waals surface area contributed by atoms with Gasteiger partial charge in [0.2, 0.25) is 5.91 Å². The molecule has 0 aromatic carbocycles. The van der Waals surface area contributed by atoms with E-state index in [0.717, 1.165) is 12.1 Å². The summed E-state index contributed by atoms with van der Waals surface area (Å²) >= 11 is 0. The van der Waals surface area contributed by atoms with Crippen molar-refractivity contribution in [1.82, 2.24) is 14.7 Å². The van der Waals surface area contributed by atoms with Gasteiger partial charge < -0.3 is 10.6 Å². The third-order valence-electron chi connectivity index (χ3n) is 3.07. The highest BCUT2D eigenvalue weighted by Gasteiger charge is 2.33. The monoisotopic (exact) mass is 208 g/mol. The van der Waals surface area contributed by atoms with Crippen molar-refractivity contribution in [2.24, 2.45) is 12.8 Å². The van der Waals surface area contributed by atoms with E-state index in [4.69, 9.17) is 5.73 Å². The number of nitrogens with zero attached hydrogens (tertiary/aromatic N) is 3. The van der Waals surface area contributed by atoms with E-state index in [-0.39, 0.29) is 18.0 Å². The number of nitrogens with two attached hydrogens (primary N) is 1. The van der Waals surface area contributed by atoms with Crippen molar-refractivity contribution < 1.29 is 4.79 Å². The molecule has 5 nitrogen and oxygen atoms in total. The minimum atomic E-state index is -0.0428. The van der Waals surface area contributed by atoms with Crippen molar-refractivity contribution >= 4 is 5.91 Å². The molecule has 0 spiro atoms. The van der Waals surface area contributed by atoms with Gasteiger partial charge in [-0.05, 0) is 12.5 Å². The highest BCUT2D eigenvalue weighted by Crippen LogP contribution is 2.28. The number of piperidine rings is 1. The van der Waals surface area contributed by atoms with Crippen LogP contribution in [0.2, 0.25) is 0 Å². The maximum Gasteiger partial charge on any atom is 0.222 e. The third-order valence-corrected chi connectivity index (χ3v) is 3.07. The first kappa shape index (κ1) is 10.2. The molecule has 1 saturated heterocycles. The Balaban J connectivity index is 2.33. The van der Waals surface area contributed by atoms with E-state index in [1.165, 1.54) is 0 Å². The van der Waals surface area contributed by atoms with Crippen molar-refractivity contribution in [3.63, 3.8) is 0 Å². The summed E-state index contributed by atoms with van der Waals surface area (Å²) in [6.45, 7) is 0. The van der Waals surface area contributed by atoms with E-state index >= 15 is 0 Å². The summed E-state index contributed by atoms with van der Waals surface area (Å²) < 4.78 is 1.78. The van der Waals surface area contributed by atoms with Gasteiger partial charge in [0, 0.05) is 32.8 Å². The fourth-order valence-electron chi connectivity index (χ4n) is 2.16. The zero-order valence-corrected chi connectivity index (χ0v) is 9.05. The SMILES string of the molecule is CN1C(=O)CC[C@@H](N)[C@@H]1c1ccnn1C. The Hall–Kier alpha value is -1.36. The number of aryl methyl sites for hydroxylation is 1. The van der Waals surface area contributed by atoms with Crippen LogP contribution >= 0.6 is 0 Å². The van der Waals surface area contributed by atoms with Crippen LogP contribution in [0.3, 0.4) is 0 Å². The van der Waals surface area contributed by atoms with Gasteiger partial charge in [-0.2, -0.15) is 5.10 Å². The van der Waals surface area contributed by atoms with Gasteiger partial charge in [0.15, 0.2) is 0 Å². The van der Waals surface area contributed by atoms with Crippen molar-refractivity contribution in [1.29, 1.82) is 0 Å². The predicted octanol–water partition coefficient (Wildman–Crippen LogP) is 0.0407. The van der Waals surface area contributed by atoms with E-state index in [1.54, 1.807) is 22.8 Å². The number of aromatic nitrogens is 2. The zero-order chi connectivity index (χ0) is 11.0. The van der Waals surface area contributed by atoms with Crippen LogP contribution in [0.25, 0.3) is 0 Å². The summed E-state index contributed by atoms with van der Waals surface area (Å²) in [5.74, 6) is 0.155. The van der Waals surface area contributed by atoms with E-state index in [1.807, 2.05) is 13.1 Å². The quantitative estimate of drug-likeness (QED) is 0.708. The Morgan fingerprint density at radius 3 is 2.87 bits per heavy atom. The van der Waals surface area contributed by atoms with Gasteiger partial charge in [-0.25, -0.2) is 0 Å². The van der Waals surface area contributed by atoms with E-state index in [9.17, 15) is 4.79 Å². The van der Waals surface area contributed by atoms with Crippen molar-refractivity contribution in [3.8, 4) is 0 Å². The Labute approximate surface area is 88.8 Å². The van der Waals surface area contributed by atoms with Crippen LogP contribution in [0.15, 0.2) is 12.3 Å². The minimum absolute atomic E-state index is 0.00287. The molecule has 0 aliphatic carbocycles. The summed E-state index contributed by atoms with van der Waals surface area (Å²) in [6.07, 6.45) is 3.03. The molecule has 1 fully saturated rings. The lowest BCUT2D eigenvalue weighted by molar-refractivity contribution is -0.135. The van der Waals surface area contributed by atoms with Crippen LogP contribution in [-0.2, 0) is 11.8 Å². The molecule has 5 heteroatoms. The van der Waals surface area contributed by atoms with Gasteiger partial charge in [-0.3, -0.25) is 9.48 Å². The fourth-order valence-corrected chi connectivity index (χ4v) is 2.16. The van der Waals surface area contributed by atoms with Crippen molar-refractivity contribution in [3.05, 3.63) is 18.0 Å². The summed E-state index contributed by atoms with van der Waals surface area (Å²) in [4.78, 5) is 13.3. The largest absolute Gasteiger partial charge is 0.336 e. The Morgan fingerprint density at radius 2 is 2.27 bits per heavy atom. The summed E-state index contributed by atoms with van der Waals surface area (Å²) in [5.41, 5.74) is 7.05. The molecular weight excluding hydrogens is 192 g/mol. The van der Waals surface area contributed by atoms with Crippen molar-refractivity contribution in [2.75, 3.05) is 7.05 Å². The summed E-state index contributed by atoms with van der Waals surface area (Å²) in [7, 11) is 3.67. The normalized spacial score (nSPS) is 27.1. The number of hydrogen-bond acceptors (Lipinski definition) is 3. The molecule has 2 atom stereocenters. The molecule has 1 amide bonds. The first-order valence-corrected chi connectivity index (χ1v) is 5.10. The van der Waals surface area contributed by atoms with Crippen LogP contribution in [0.5, 0.6) is 0 Å². The molecular formula is C10H16N4O. The molecule has 1 aliphatic rings. The van der Waals surface area contributed by atoms with Crippen LogP contribution < -0.4 is 5.73 Å². The van der Waals surface area contributed by atoms with Crippen LogP contribution in [0, 0.1) is 0 Å². The minimum Gasteiger partial charge on any atom is -0.336 e. The van der Waals surface area contributed by atoms with E-state index < -0.39 is 0 Å². The predicted molar refractivity (Wildman–Crippen MR) is 55.9 cm³/mol. The number of likely N-dealkylation sites (N-methyl/N-ethyl adjacent to an activating group) is 1. The highest BCUT2D eigenvalue weighted by atomic mass is 16.2. The van der Waals surface area contributed by atoms with Gasteiger partial charge in [0.1, 0.15) is 0 Å². The highest BCUT2D eigenvalue weighted by molar-refractivity contribution is 5.77. The van der Waals surface area contributed by atoms with Gasteiger partial charge >= 0.3 is 0 Å². The second-order valence-electron chi connectivity index (χ2n) is 4.03. The first-order valence-electron chi connectivity index (χ1n) is 5.10. The zero-order valence-electron chi connectivity index (χ0n) is 9.05. The van der Waals surface area contributed by atoms with Crippen molar-refractivity contribution in [2.45, 2.75) is 24.9 Å². The number of likely N-dealkylation sites (tertiary alicyclic amines) is 1. The molecule has 1 aromatic heterocycles. The molecule has 15 heavy (non-hydrogen) atoms. The molecule has 1 aromatic rings. The topological polar surface area (TPSA) is 64.2 Å². The van der Waals surface area contributed by atoms with E-state index in [0.29, 0.717) is 6.42 Å². The maximum absolute atomic E-state index is 11.6. The molecule has 0 unspecified atom stereocenters. The van der Waals surface area contributed by atoms with Crippen LogP contribution in [0.4, 0.5) is 0 Å². The second-order valence-corrected chi connectivity index (χ2v) is 4.03. The molecule has 0 saturated carbocycles. The molecule has 2 heterocycles. The fraction of sp³-hybridized carbons (Fsp3) is 0.600. The average Bonchev–Trinajstić information content (AvgIpc) is 2.60. The first-order chi connectivity index (χ1) is 7.11. The Morgan fingerprint density at radius 1 is 1.53 bits per heavy atom. The molecule has 82 valence electrons. The third kappa shape index (κ3) is 1.63. The standard InChI is InChI=1S/C10H16N4O/c1-13-9(15)4-3-7(11)10(13)8-5-6-12-14(8)2/h5-7,10H,3-4,11H2,1-2H3/t7-,10-/m1/s1. The molecule has 0 bridgehead atoms. The average molecular weight is 208 g/mol. The Bertz CT molecular complexity index is 373. The van der Waals surface area contributed by atoms with Gasteiger partial charge in [-0.15, -0.1) is 0 Å². The Kier molecular flexibility index (Phi) is 2.48. The van der Waals surface area contributed by atoms with Crippen LogP contribution in [0.1, 0.15) is 24.6 Å². The van der Waals surface area contributed by atoms with Crippen LogP contribution in [-0.4, -0.2) is 33.7 Å². The lowest BCUT2D eigenvalue weighted by Crippen LogP contribution is -2.47. The number of carbonyl (C=O) groups is 1.